The Hall–Kier alpha value is -2.44. The largest absolute Gasteiger partial charge is 0.383 e. The predicted molar refractivity (Wildman–Crippen MR) is 98.0 cm³/mol. The summed E-state index contributed by atoms with van der Waals surface area (Å²) in [6.45, 7) is 1.98. The second-order valence-electron chi connectivity index (χ2n) is 5.02. The van der Waals surface area contributed by atoms with Crippen LogP contribution in [0.1, 0.15) is 15.2 Å². The van der Waals surface area contributed by atoms with Crippen molar-refractivity contribution >= 4 is 41.0 Å². The van der Waals surface area contributed by atoms with Crippen molar-refractivity contribution in [1.82, 2.24) is 4.57 Å². The number of amides is 1. The normalized spacial score (nSPS) is 10.5. The molecule has 0 aliphatic heterocycles. The van der Waals surface area contributed by atoms with Gasteiger partial charge >= 0.3 is 0 Å². The minimum absolute atomic E-state index is 0.253. The Morgan fingerprint density at radius 1 is 1.13 bits per heavy atom. The van der Waals surface area contributed by atoms with E-state index in [1.54, 1.807) is 4.57 Å². The SMILES string of the molecule is Cc1ccccc1-n1c(N)c(C(=O)Nc2ccccc2)sc1=S. The third-order valence-electron chi connectivity index (χ3n) is 3.44. The van der Waals surface area contributed by atoms with Gasteiger partial charge in [-0.3, -0.25) is 9.36 Å². The molecule has 23 heavy (non-hydrogen) atoms. The van der Waals surface area contributed by atoms with Gasteiger partial charge < -0.3 is 11.1 Å². The van der Waals surface area contributed by atoms with Crippen LogP contribution in [0.2, 0.25) is 0 Å². The number of nitrogens with zero attached hydrogens (tertiary/aromatic N) is 1. The van der Waals surface area contributed by atoms with Gasteiger partial charge in [-0.05, 0) is 42.9 Å². The van der Waals surface area contributed by atoms with Crippen LogP contribution in [0.5, 0.6) is 0 Å². The van der Waals surface area contributed by atoms with Crippen LogP contribution >= 0.6 is 23.6 Å². The van der Waals surface area contributed by atoms with Crippen molar-refractivity contribution in [2.75, 3.05) is 11.1 Å². The Morgan fingerprint density at radius 2 is 1.78 bits per heavy atom. The molecule has 3 rings (SSSR count). The van der Waals surface area contributed by atoms with E-state index >= 15 is 0 Å². The number of carbonyl (C=O) groups is 1. The van der Waals surface area contributed by atoms with Gasteiger partial charge in [0.25, 0.3) is 5.91 Å². The molecule has 0 bridgehead atoms. The number of nitrogens with two attached hydrogens (primary N) is 1. The average molecular weight is 341 g/mol. The maximum atomic E-state index is 12.5. The third-order valence-corrected chi connectivity index (χ3v) is 4.83. The molecule has 0 radical (unpaired) electrons. The first kappa shape index (κ1) is 15.5. The Balaban J connectivity index is 2.00. The fourth-order valence-corrected chi connectivity index (χ4v) is 3.55. The van der Waals surface area contributed by atoms with Crippen molar-refractivity contribution in [2.24, 2.45) is 0 Å². The van der Waals surface area contributed by atoms with Gasteiger partial charge in [0.1, 0.15) is 10.7 Å². The smallest absolute Gasteiger partial charge is 0.269 e. The zero-order valence-electron chi connectivity index (χ0n) is 12.4. The van der Waals surface area contributed by atoms with Crippen LogP contribution < -0.4 is 11.1 Å². The lowest BCUT2D eigenvalue weighted by molar-refractivity contribution is 0.103. The monoisotopic (exact) mass is 341 g/mol. The number of nitrogens with one attached hydrogen (secondary N) is 1. The first-order valence-corrected chi connectivity index (χ1v) is 8.24. The average Bonchev–Trinajstić information content (AvgIpc) is 2.84. The van der Waals surface area contributed by atoms with Crippen LogP contribution in [0.4, 0.5) is 11.5 Å². The first-order chi connectivity index (χ1) is 11.1. The number of hydrogen-bond donors (Lipinski definition) is 2. The van der Waals surface area contributed by atoms with E-state index in [0.29, 0.717) is 14.6 Å². The van der Waals surface area contributed by atoms with Gasteiger partial charge in [0.15, 0.2) is 3.95 Å². The van der Waals surface area contributed by atoms with E-state index in [0.717, 1.165) is 16.9 Å². The zero-order valence-corrected chi connectivity index (χ0v) is 14.1. The molecule has 3 aromatic rings. The van der Waals surface area contributed by atoms with E-state index in [9.17, 15) is 4.79 Å². The van der Waals surface area contributed by atoms with Gasteiger partial charge in [-0.25, -0.2) is 0 Å². The summed E-state index contributed by atoms with van der Waals surface area (Å²) in [4.78, 5) is 12.9. The molecule has 1 aromatic heterocycles. The number of benzene rings is 2. The molecule has 0 atom stereocenters. The molecule has 4 nitrogen and oxygen atoms in total. The summed E-state index contributed by atoms with van der Waals surface area (Å²) in [5, 5.41) is 2.84. The number of aryl methyl sites for hydroxylation is 1. The lowest BCUT2D eigenvalue weighted by atomic mass is 10.2. The summed E-state index contributed by atoms with van der Waals surface area (Å²) in [5.74, 6) is 0.111. The van der Waals surface area contributed by atoms with E-state index in [1.807, 2.05) is 61.5 Å². The first-order valence-electron chi connectivity index (χ1n) is 7.01. The zero-order chi connectivity index (χ0) is 16.4. The standard InChI is InChI=1S/C17H15N3OS2/c1-11-7-5-6-10-13(11)20-15(18)14(23-17(20)22)16(21)19-12-8-3-2-4-9-12/h2-10H,18H2,1H3,(H,19,21). The number of thiazole rings is 1. The summed E-state index contributed by atoms with van der Waals surface area (Å²) in [6, 6.07) is 17.1. The number of para-hydroxylation sites is 2. The van der Waals surface area contributed by atoms with Crippen LogP contribution in [-0.4, -0.2) is 10.5 Å². The van der Waals surface area contributed by atoms with Crippen LogP contribution in [0.25, 0.3) is 5.69 Å². The van der Waals surface area contributed by atoms with Crippen molar-refractivity contribution in [1.29, 1.82) is 0 Å². The van der Waals surface area contributed by atoms with Crippen molar-refractivity contribution in [3.63, 3.8) is 0 Å². The lowest BCUT2D eigenvalue weighted by Crippen LogP contribution is -2.13. The highest BCUT2D eigenvalue weighted by atomic mass is 32.1. The van der Waals surface area contributed by atoms with Crippen LogP contribution in [0, 0.1) is 10.9 Å². The Bertz CT molecular complexity index is 913. The molecular formula is C17H15N3OS2. The maximum Gasteiger partial charge on any atom is 0.269 e. The van der Waals surface area contributed by atoms with Crippen LogP contribution in [0.3, 0.4) is 0 Å². The molecule has 0 fully saturated rings. The molecule has 0 saturated heterocycles. The van der Waals surface area contributed by atoms with Crippen LogP contribution in [-0.2, 0) is 0 Å². The highest BCUT2D eigenvalue weighted by Gasteiger charge is 2.18. The van der Waals surface area contributed by atoms with Gasteiger partial charge in [-0.1, -0.05) is 47.7 Å². The van der Waals surface area contributed by atoms with Gasteiger partial charge in [-0.2, -0.15) is 0 Å². The lowest BCUT2D eigenvalue weighted by Gasteiger charge is -2.09. The molecule has 0 aliphatic rings. The molecular weight excluding hydrogens is 326 g/mol. The van der Waals surface area contributed by atoms with E-state index in [2.05, 4.69) is 5.32 Å². The molecule has 2 aromatic carbocycles. The Kier molecular flexibility index (Phi) is 4.27. The number of carbonyl (C=O) groups excluding carboxylic acids is 1. The number of rotatable bonds is 3. The molecule has 0 aliphatic carbocycles. The third kappa shape index (κ3) is 3.04. The summed E-state index contributed by atoms with van der Waals surface area (Å²) >= 11 is 6.62. The molecule has 6 heteroatoms. The molecule has 3 N–H and O–H groups in total. The van der Waals surface area contributed by atoms with Gasteiger partial charge in [0.05, 0.1) is 5.69 Å². The van der Waals surface area contributed by atoms with E-state index in [1.165, 1.54) is 11.3 Å². The van der Waals surface area contributed by atoms with Gasteiger partial charge in [-0.15, -0.1) is 0 Å². The topological polar surface area (TPSA) is 60.0 Å². The number of hydrogen-bond acceptors (Lipinski definition) is 4. The highest BCUT2D eigenvalue weighted by molar-refractivity contribution is 7.73. The molecule has 0 unspecified atom stereocenters. The summed E-state index contributed by atoms with van der Waals surface area (Å²) in [7, 11) is 0. The molecule has 0 spiro atoms. The quantitative estimate of drug-likeness (QED) is 0.694. The second kappa shape index (κ2) is 6.36. The summed E-state index contributed by atoms with van der Waals surface area (Å²) < 4.78 is 2.30. The summed E-state index contributed by atoms with van der Waals surface area (Å²) in [6.07, 6.45) is 0. The van der Waals surface area contributed by atoms with E-state index in [4.69, 9.17) is 18.0 Å². The molecule has 116 valence electrons. The molecule has 0 saturated carbocycles. The summed E-state index contributed by atoms with van der Waals surface area (Å²) in [5.41, 5.74) is 8.86. The van der Waals surface area contributed by atoms with Crippen molar-refractivity contribution < 1.29 is 4.79 Å². The minimum Gasteiger partial charge on any atom is -0.383 e. The predicted octanol–water partition coefficient (Wildman–Crippen LogP) is 4.41. The second-order valence-corrected chi connectivity index (χ2v) is 6.67. The number of nitrogen functional groups attached to an aromatic ring is 1. The van der Waals surface area contributed by atoms with Crippen molar-refractivity contribution in [2.45, 2.75) is 6.92 Å². The fourth-order valence-electron chi connectivity index (χ4n) is 2.30. The fraction of sp³-hybridized carbons (Fsp3) is 0.0588. The van der Waals surface area contributed by atoms with E-state index in [-0.39, 0.29) is 5.91 Å². The molecule has 1 heterocycles. The molecule has 1 amide bonds. The number of aromatic nitrogens is 1. The van der Waals surface area contributed by atoms with Crippen molar-refractivity contribution in [3.8, 4) is 5.69 Å². The minimum atomic E-state index is -0.253. The van der Waals surface area contributed by atoms with Crippen molar-refractivity contribution in [3.05, 3.63) is 69.0 Å². The Morgan fingerprint density at radius 3 is 2.48 bits per heavy atom. The Labute approximate surface area is 143 Å². The van der Waals surface area contributed by atoms with E-state index < -0.39 is 0 Å². The van der Waals surface area contributed by atoms with Gasteiger partial charge in [0, 0.05) is 5.69 Å². The van der Waals surface area contributed by atoms with Gasteiger partial charge in [0.2, 0.25) is 0 Å². The maximum absolute atomic E-state index is 12.5. The van der Waals surface area contributed by atoms with Crippen LogP contribution in [0.15, 0.2) is 54.6 Å². The number of anilines is 2. The highest BCUT2D eigenvalue weighted by Crippen LogP contribution is 2.28.